The monoisotopic (exact) mass is 391 g/mol. The van der Waals surface area contributed by atoms with Crippen LogP contribution < -0.4 is 10.6 Å². The zero-order valence-electron chi connectivity index (χ0n) is 18.1. The molecule has 0 radical (unpaired) electrons. The Balaban J connectivity index is 3.02. The first-order valence-electron chi connectivity index (χ1n) is 9.34. The molecule has 0 fully saturated rings. The van der Waals surface area contributed by atoms with Crippen molar-refractivity contribution in [2.45, 2.75) is 71.7 Å². The van der Waals surface area contributed by atoms with E-state index in [1.165, 1.54) is 4.90 Å². The van der Waals surface area contributed by atoms with Crippen LogP contribution in [0.2, 0.25) is 0 Å². The number of carbonyl (C=O) groups is 3. The van der Waals surface area contributed by atoms with Crippen molar-refractivity contribution in [2.24, 2.45) is 0 Å². The van der Waals surface area contributed by atoms with E-state index in [-0.39, 0.29) is 5.91 Å². The number of carbonyl (C=O) groups excluding carboxylic acids is 3. The average molecular weight is 392 g/mol. The van der Waals surface area contributed by atoms with Gasteiger partial charge in [0.1, 0.15) is 17.7 Å². The molecule has 1 rings (SSSR count). The lowest BCUT2D eigenvalue weighted by molar-refractivity contribution is -0.141. The van der Waals surface area contributed by atoms with Gasteiger partial charge in [0.2, 0.25) is 11.8 Å². The minimum atomic E-state index is -0.853. The molecule has 1 aromatic carbocycles. The minimum absolute atomic E-state index is 0.293. The van der Waals surface area contributed by atoms with Crippen LogP contribution in [-0.4, -0.2) is 47.0 Å². The second-order valence-corrected chi connectivity index (χ2v) is 8.87. The van der Waals surface area contributed by atoms with Crippen LogP contribution in [0.5, 0.6) is 0 Å². The number of ether oxygens (including phenoxy) is 1. The summed E-state index contributed by atoms with van der Waals surface area (Å²) in [6.07, 6.45) is -0.683. The third-order valence-corrected chi connectivity index (χ3v) is 3.70. The summed E-state index contributed by atoms with van der Waals surface area (Å²) in [5.41, 5.74) is -0.434. The molecule has 7 nitrogen and oxygen atoms in total. The Labute approximate surface area is 167 Å². The predicted octanol–water partition coefficient (Wildman–Crippen LogP) is 3.01. The summed E-state index contributed by atoms with van der Waals surface area (Å²) < 4.78 is 5.20. The van der Waals surface area contributed by atoms with Gasteiger partial charge in [0, 0.05) is 12.6 Å². The summed E-state index contributed by atoms with van der Waals surface area (Å²) in [5, 5.41) is 5.45. The zero-order chi connectivity index (χ0) is 21.7. The van der Waals surface area contributed by atoms with E-state index in [0.717, 1.165) is 0 Å². The van der Waals surface area contributed by atoms with Gasteiger partial charge in [-0.3, -0.25) is 9.59 Å². The summed E-state index contributed by atoms with van der Waals surface area (Å²) in [7, 11) is 1.55. The van der Waals surface area contributed by atoms with Gasteiger partial charge in [0.15, 0.2) is 0 Å². The van der Waals surface area contributed by atoms with Gasteiger partial charge in [-0.1, -0.05) is 30.3 Å². The molecule has 0 aliphatic rings. The second-order valence-electron chi connectivity index (χ2n) is 8.87. The van der Waals surface area contributed by atoms with Crippen molar-refractivity contribution < 1.29 is 19.1 Å². The molecule has 0 spiro atoms. The number of hydrogen-bond acceptors (Lipinski definition) is 4. The minimum Gasteiger partial charge on any atom is -0.444 e. The summed E-state index contributed by atoms with van der Waals surface area (Å²) in [6, 6.07) is 7.38. The highest BCUT2D eigenvalue weighted by molar-refractivity contribution is 5.92. The smallest absolute Gasteiger partial charge is 0.408 e. The maximum atomic E-state index is 12.9. The molecule has 156 valence electrons. The Bertz CT molecular complexity index is 690. The Hall–Kier alpha value is -2.57. The van der Waals surface area contributed by atoms with E-state index in [1.54, 1.807) is 46.9 Å². The van der Waals surface area contributed by atoms with E-state index in [1.807, 2.05) is 39.0 Å². The number of nitrogens with one attached hydrogen (secondary N) is 2. The number of benzene rings is 1. The van der Waals surface area contributed by atoms with Gasteiger partial charge >= 0.3 is 6.09 Å². The lowest BCUT2D eigenvalue weighted by Crippen LogP contribution is -2.52. The molecule has 0 aromatic heterocycles. The molecule has 2 unspecified atom stereocenters. The van der Waals surface area contributed by atoms with Crippen molar-refractivity contribution in [1.29, 1.82) is 0 Å². The topological polar surface area (TPSA) is 87.7 Å². The molecular formula is C21H33N3O4. The first-order chi connectivity index (χ1) is 12.7. The summed E-state index contributed by atoms with van der Waals surface area (Å²) in [4.78, 5) is 39.1. The maximum Gasteiger partial charge on any atom is 0.408 e. The Morgan fingerprint density at radius 1 is 1.00 bits per heavy atom. The normalized spacial score (nSPS) is 13.9. The Morgan fingerprint density at radius 3 is 2.00 bits per heavy atom. The highest BCUT2D eigenvalue weighted by atomic mass is 16.6. The van der Waals surface area contributed by atoms with Crippen LogP contribution in [0.25, 0.3) is 0 Å². The molecule has 0 heterocycles. The highest BCUT2D eigenvalue weighted by Gasteiger charge is 2.33. The molecule has 0 saturated carbocycles. The van der Waals surface area contributed by atoms with Gasteiger partial charge in [-0.2, -0.15) is 0 Å². The van der Waals surface area contributed by atoms with Crippen molar-refractivity contribution in [3.8, 4) is 0 Å². The number of hydrogen-bond donors (Lipinski definition) is 2. The standard InChI is InChI=1S/C21H33N3O4/c1-14(22-19(27)28-21(5,6)7)18(26)24(8)16(15-12-10-9-11-13-15)17(25)23-20(2,3)4/h9-14,16H,1-8H3,(H,22,27)(H,23,25). The van der Waals surface area contributed by atoms with Gasteiger partial charge in [-0.15, -0.1) is 0 Å². The summed E-state index contributed by atoms with van der Waals surface area (Å²) in [6.45, 7) is 12.4. The van der Waals surface area contributed by atoms with Crippen LogP contribution in [0, 0.1) is 0 Å². The first kappa shape index (κ1) is 23.5. The second kappa shape index (κ2) is 9.08. The number of nitrogens with zero attached hydrogens (tertiary/aromatic N) is 1. The molecule has 2 N–H and O–H groups in total. The Morgan fingerprint density at radius 2 is 1.54 bits per heavy atom. The SMILES string of the molecule is CC(NC(=O)OC(C)(C)C)C(=O)N(C)C(C(=O)NC(C)(C)C)c1ccccc1. The van der Waals surface area contributed by atoms with E-state index in [0.29, 0.717) is 5.56 Å². The molecule has 0 bridgehead atoms. The van der Waals surface area contributed by atoms with Crippen molar-refractivity contribution >= 4 is 17.9 Å². The van der Waals surface area contributed by atoms with Crippen LogP contribution in [-0.2, 0) is 14.3 Å². The molecule has 1 aromatic rings. The van der Waals surface area contributed by atoms with Crippen LogP contribution in [0.1, 0.15) is 60.1 Å². The summed E-state index contributed by atoms with van der Waals surface area (Å²) in [5.74, 6) is -0.692. The van der Waals surface area contributed by atoms with Crippen LogP contribution in [0.15, 0.2) is 30.3 Å². The van der Waals surface area contributed by atoms with E-state index in [4.69, 9.17) is 4.74 Å². The quantitative estimate of drug-likeness (QED) is 0.808. The number of amides is 3. The molecule has 0 saturated heterocycles. The van der Waals surface area contributed by atoms with Crippen molar-refractivity contribution in [3.05, 3.63) is 35.9 Å². The van der Waals surface area contributed by atoms with Gasteiger partial charge < -0.3 is 20.3 Å². The third kappa shape index (κ3) is 7.58. The Kier molecular flexibility index (Phi) is 7.61. The van der Waals surface area contributed by atoms with Crippen LogP contribution in [0.4, 0.5) is 4.79 Å². The van der Waals surface area contributed by atoms with Crippen molar-refractivity contribution in [1.82, 2.24) is 15.5 Å². The number of alkyl carbamates (subject to hydrolysis) is 1. The fourth-order valence-electron chi connectivity index (χ4n) is 2.60. The molecular weight excluding hydrogens is 358 g/mol. The van der Waals surface area contributed by atoms with Crippen molar-refractivity contribution in [3.63, 3.8) is 0 Å². The summed E-state index contributed by atoms with van der Waals surface area (Å²) >= 11 is 0. The van der Waals surface area contributed by atoms with Gasteiger partial charge in [0.05, 0.1) is 0 Å². The van der Waals surface area contributed by atoms with E-state index >= 15 is 0 Å². The molecule has 0 aliphatic carbocycles. The van der Waals surface area contributed by atoms with Gasteiger partial charge in [0.25, 0.3) is 0 Å². The van der Waals surface area contributed by atoms with Crippen LogP contribution in [0.3, 0.4) is 0 Å². The lowest BCUT2D eigenvalue weighted by Gasteiger charge is -2.32. The number of rotatable bonds is 5. The number of likely N-dealkylation sites (N-methyl/N-ethyl adjacent to an activating group) is 1. The van der Waals surface area contributed by atoms with E-state index in [9.17, 15) is 14.4 Å². The maximum absolute atomic E-state index is 12.9. The molecule has 3 amide bonds. The lowest BCUT2D eigenvalue weighted by atomic mass is 10.0. The fraction of sp³-hybridized carbons (Fsp3) is 0.571. The fourth-order valence-corrected chi connectivity index (χ4v) is 2.60. The van der Waals surface area contributed by atoms with Crippen LogP contribution >= 0.6 is 0 Å². The van der Waals surface area contributed by atoms with Gasteiger partial charge in [-0.05, 0) is 54.0 Å². The molecule has 0 aliphatic heterocycles. The average Bonchev–Trinajstić information content (AvgIpc) is 2.51. The third-order valence-electron chi connectivity index (χ3n) is 3.70. The predicted molar refractivity (Wildman–Crippen MR) is 109 cm³/mol. The first-order valence-corrected chi connectivity index (χ1v) is 9.34. The van der Waals surface area contributed by atoms with Gasteiger partial charge in [-0.25, -0.2) is 4.79 Å². The highest BCUT2D eigenvalue weighted by Crippen LogP contribution is 2.21. The van der Waals surface area contributed by atoms with E-state index < -0.39 is 35.2 Å². The van der Waals surface area contributed by atoms with Crippen molar-refractivity contribution in [2.75, 3.05) is 7.05 Å². The largest absolute Gasteiger partial charge is 0.444 e. The molecule has 7 heteroatoms. The molecule has 28 heavy (non-hydrogen) atoms. The molecule has 2 atom stereocenters. The van der Waals surface area contributed by atoms with E-state index in [2.05, 4.69) is 10.6 Å². The zero-order valence-corrected chi connectivity index (χ0v) is 18.1.